The standard InChI is InChI=1S/C21H23BrN2O7/c1-29-18(9-10-19(26)24-28)20(14-3-2-4-17(13-14)30-12-11-25)31-21(27)23-16-7-5-15(22)6-8-16/h2-10,13,18,20,25,28H,11-12H2,1H3,(H,23,27)(H,24,26)/b10-9+/t18-,20-/m1/s1. The number of rotatable bonds is 10. The predicted molar refractivity (Wildman–Crippen MR) is 116 cm³/mol. The number of halogens is 1. The second kappa shape index (κ2) is 12.7. The molecule has 4 N–H and O–H groups in total. The number of carbonyl (C=O) groups is 2. The van der Waals surface area contributed by atoms with Gasteiger partial charge in [-0.2, -0.15) is 0 Å². The molecule has 10 heteroatoms. The molecular formula is C21H23BrN2O7. The molecule has 0 aromatic heterocycles. The third-order valence-corrected chi connectivity index (χ3v) is 4.52. The van der Waals surface area contributed by atoms with Gasteiger partial charge in [0.05, 0.1) is 6.61 Å². The van der Waals surface area contributed by atoms with Crippen molar-refractivity contribution in [1.29, 1.82) is 0 Å². The van der Waals surface area contributed by atoms with Crippen molar-refractivity contribution in [3.63, 3.8) is 0 Å². The molecule has 9 nitrogen and oxygen atoms in total. The van der Waals surface area contributed by atoms with E-state index in [2.05, 4.69) is 21.2 Å². The monoisotopic (exact) mass is 494 g/mol. The Bertz CT molecular complexity index is 890. The number of amides is 2. The zero-order valence-corrected chi connectivity index (χ0v) is 18.2. The third kappa shape index (κ3) is 8.02. The van der Waals surface area contributed by atoms with Crippen LogP contribution < -0.4 is 15.5 Å². The minimum Gasteiger partial charge on any atom is -0.491 e. The van der Waals surface area contributed by atoms with Gasteiger partial charge >= 0.3 is 6.09 Å². The average molecular weight is 495 g/mol. The van der Waals surface area contributed by atoms with E-state index in [0.29, 0.717) is 17.0 Å². The largest absolute Gasteiger partial charge is 0.491 e. The Labute approximate surface area is 187 Å². The van der Waals surface area contributed by atoms with E-state index in [9.17, 15) is 9.59 Å². The number of anilines is 1. The zero-order chi connectivity index (χ0) is 22.6. The molecule has 2 rings (SSSR count). The first-order valence-corrected chi connectivity index (χ1v) is 9.98. The van der Waals surface area contributed by atoms with Crippen molar-refractivity contribution in [2.24, 2.45) is 0 Å². The number of carbonyl (C=O) groups excluding carboxylic acids is 2. The van der Waals surface area contributed by atoms with Gasteiger partial charge in [-0.1, -0.05) is 28.1 Å². The molecule has 0 saturated carbocycles. The molecule has 0 heterocycles. The lowest BCUT2D eigenvalue weighted by Gasteiger charge is -2.25. The van der Waals surface area contributed by atoms with Crippen molar-refractivity contribution in [1.82, 2.24) is 5.48 Å². The topological polar surface area (TPSA) is 126 Å². The number of aliphatic hydroxyl groups excluding tert-OH is 1. The molecule has 0 aliphatic heterocycles. The van der Waals surface area contributed by atoms with Crippen LogP contribution in [-0.4, -0.2) is 48.7 Å². The SMILES string of the molecule is CO[C@H](/C=C/C(=O)NO)[C@H](OC(=O)Nc1ccc(Br)cc1)c1cccc(OCCO)c1. The van der Waals surface area contributed by atoms with E-state index < -0.39 is 24.2 Å². The zero-order valence-electron chi connectivity index (χ0n) is 16.7. The summed E-state index contributed by atoms with van der Waals surface area (Å²) in [5, 5.41) is 20.3. The Morgan fingerprint density at radius 3 is 2.58 bits per heavy atom. The summed E-state index contributed by atoms with van der Waals surface area (Å²) >= 11 is 3.32. The van der Waals surface area contributed by atoms with Crippen LogP contribution in [0.4, 0.5) is 10.5 Å². The molecular weight excluding hydrogens is 472 g/mol. The summed E-state index contributed by atoms with van der Waals surface area (Å²) < 4.78 is 17.3. The van der Waals surface area contributed by atoms with Crippen molar-refractivity contribution in [2.75, 3.05) is 25.6 Å². The highest BCUT2D eigenvalue weighted by atomic mass is 79.9. The van der Waals surface area contributed by atoms with Crippen LogP contribution in [0.5, 0.6) is 5.75 Å². The lowest BCUT2D eigenvalue weighted by Crippen LogP contribution is -2.27. The molecule has 2 amide bonds. The van der Waals surface area contributed by atoms with Crippen LogP contribution in [0, 0.1) is 0 Å². The number of hydrogen-bond acceptors (Lipinski definition) is 7. The van der Waals surface area contributed by atoms with Crippen LogP contribution >= 0.6 is 15.9 Å². The number of methoxy groups -OCH3 is 1. The highest BCUT2D eigenvalue weighted by molar-refractivity contribution is 9.10. The maximum Gasteiger partial charge on any atom is 0.412 e. The van der Waals surface area contributed by atoms with E-state index in [-0.39, 0.29) is 13.2 Å². The average Bonchev–Trinajstić information content (AvgIpc) is 2.78. The van der Waals surface area contributed by atoms with E-state index >= 15 is 0 Å². The smallest absolute Gasteiger partial charge is 0.412 e. The quantitative estimate of drug-likeness (QED) is 0.227. The van der Waals surface area contributed by atoms with Crippen LogP contribution in [0.15, 0.2) is 65.2 Å². The van der Waals surface area contributed by atoms with Crippen LogP contribution in [0.1, 0.15) is 11.7 Å². The second-order valence-electron chi connectivity index (χ2n) is 6.14. The van der Waals surface area contributed by atoms with Gasteiger partial charge < -0.3 is 19.3 Å². The van der Waals surface area contributed by atoms with Crippen LogP contribution in [0.3, 0.4) is 0 Å². The molecule has 0 unspecified atom stereocenters. The molecule has 0 fully saturated rings. The van der Waals surface area contributed by atoms with E-state index in [0.717, 1.165) is 10.5 Å². The van der Waals surface area contributed by atoms with Crippen molar-refractivity contribution in [2.45, 2.75) is 12.2 Å². The number of aliphatic hydroxyl groups is 1. The molecule has 31 heavy (non-hydrogen) atoms. The van der Waals surface area contributed by atoms with Crippen molar-refractivity contribution >= 4 is 33.6 Å². The van der Waals surface area contributed by atoms with Crippen LogP contribution in [-0.2, 0) is 14.3 Å². The van der Waals surface area contributed by atoms with Crippen molar-refractivity contribution in [3.8, 4) is 5.75 Å². The maximum absolute atomic E-state index is 12.5. The molecule has 2 aromatic rings. The first kappa shape index (κ1) is 24.4. The highest BCUT2D eigenvalue weighted by Gasteiger charge is 2.26. The fraction of sp³-hybridized carbons (Fsp3) is 0.238. The summed E-state index contributed by atoms with van der Waals surface area (Å²) in [7, 11) is 1.39. The predicted octanol–water partition coefficient (Wildman–Crippen LogP) is 3.19. The summed E-state index contributed by atoms with van der Waals surface area (Å²) in [6, 6.07) is 13.7. The minimum atomic E-state index is -0.958. The lowest BCUT2D eigenvalue weighted by molar-refractivity contribution is -0.124. The first-order valence-electron chi connectivity index (χ1n) is 9.18. The van der Waals surface area contributed by atoms with Gasteiger partial charge in [-0.25, -0.2) is 10.3 Å². The van der Waals surface area contributed by atoms with E-state index in [4.69, 9.17) is 24.5 Å². The Hall–Kier alpha value is -2.92. The number of hydroxylamine groups is 1. The van der Waals surface area contributed by atoms with E-state index in [1.807, 2.05) is 0 Å². The van der Waals surface area contributed by atoms with Gasteiger partial charge in [0.15, 0.2) is 6.10 Å². The molecule has 0 aliphatic carbocycles. The highest BCUT2D eigenvalue weighted by Crippen LogP contribution is 2.28. The summed E-state index contributed by atoms with van der Waals surface area (Å²) in [4.78, 5) is 23.9. The van der Waals surface area contributed by atoms with Crippen molar-refractivity contribution < 1.29 is 34.1 Å². The van der Waals surface area contributed by atoms with Crippen LogP contribution in [0.25, 0.3) is 0 Å². The molecule has 2 aromatic carbocycles. The first-order chi connectivity index (χ1) is 15.0. The lowest BCUT2D eigenvalue weighted by atomic mass is 10.0. The molecule has 0 aliphatic rings. The maximum atomic E-state index is 12.5. The Morgan fingerprint density at radius 2 is 1.94 bits per heavy atom. The summed E-state index contributed by atoms with van der Waals surface area (Å²) in [6.07, 6.45) is -0.147. The molecule has 166 valence electrons. The van der Waals surface area contributed by atoms with Gasteiger partial charge in [0.1, 0.15) is 18.5 Å². The summed E-state index contributed by atoms with van der Waals surface area (Å²) in [5.41, 5.74) is 2.54. The molecule has 0 bridgehead atoms. The Balaban J connectivity index is 2.27. The van der Waals surface area contributed by atoms with Gasteiger partial charge in [0, 0.05) is 23.3 Å². The molecule has 0 radical (unpaired) electrons. The van der Waals surface area contributed by atoms with Gasteiger partial charge in [0.25, 0.3) is 5.91 Å². The Morgan fingerprint density at radius 1 is 1.19 bits per heavy atom. The minimum absolute atomic E-state index is 0.101. The van der Waals surface area contributed by atoms with Gasteiger partial charge in [-0.3, -0.25) is 15.3 Å². The van der Waals surface area contributed by atoms with E-state index in [1.165, 1.54) is 18.7 Å². The fourth-order valence-electron chi connectivity index (χ4n) is 2.59. The van der Waals surface area contributed by atoms with Gasteiger partial charge in [0.2, 0.25) is 0 Å². The van der Waals surface area contributed by atoms with Crippen LogP contribution in [0.2, 0.25) is 0 Å². The summed E-state index contributed by atoms with van der Waals surface area (Å²) in [5.74, 6) is -0.305. The molecule has 2 atom stereocenters. The number of benzene rings is 2. The molecule has 0 saturated heterocycles. The fourth-order valence-corrected chi connectivity index (χ4v) is 2.85. The second-order valence-corrected chi connectivity index (χ2v) is 7.05. The summed E-state index contributed by atoms with van der Waals surface area (Å²) in [6.45, 7) is -0.0528. The Kier molecular flexibility index (Phi) is 9.98. The third-order valence-electron chi connectivity index (χ3n) is 3.99. The molecule has 0 spiro atoms. The van der Waals surface area contributed by atoms with E-state index in [1.54, 1.807) is 48.5 Å². The number of ether oxygens (including phenoxy) is 3. The normalized spacial score (nSPS) is 12.8. The van der Waals surface area contributed by atoms with Gasteiger partial charge in [-0.15, -0.1) is 0 Å². The van der Waals surface area contributed by atoms with Crippen molar-refractivity contribution in [3.05, 3.63) is 70.7 Å². The van der Waals surface area contributed by atoms with Gasteiger partial charge in [-0.05, 0) is 48.0 Å². The number of hydrogen-bond donors (Lipinski definition) is 4. The number of nitrogens with one attached hydrogen (secondary N) is 2.